The number of anilines is 1. The van der Waals surface area contributed by atoms with E-state index in [4.69, 9.17) is 0 Å². The van der Waals surface area contributed by atoms with Crippen molar-refractivity contribution >= 4 is 5.69 Å². The maximum atomic E-state index is 3.18. The SMILES string of the molecule is CNCc1ccc(N(C(C)(C)C)C(C)(C)C)cc1. The summed E-state index contributed by atoms with van der Waals surface area (Å²) in [6.07, 6.45) is 0. The first-order chi connectivity index (χ1) is 8.16. The van der Waals surface area contributed by atoms with Gasteiger partial charge < -0.3 is 10.2 Å². The molecule has 0 bridgehead atoms. The van der Waals surface area contributed by atoms with E-state index < -0.39 is 0 Å². The molecule has 2 heteroatoms. The molecule has 102 valence electrons. The maximum Gasteiger partial charge on any atom is 0.0375 e. The zero-order valence-corrected chi connectivity index (χ0v) is 13.0. The van der Waals surface area contributed by atoms with Crippen molar-refractivity contribution in [2.24, 2.45) is 0 Å². The van der Waals surface area contributed by atoms with Gasteiger partial charge in [-0.05, 0) is 66.3 Å². The van der Waals surface area contributed by atoms with E-state index in [9.17, 15) is 0 Å². The summed E-state index contributed by atoms with van der Waals surface area (Å²) in [5.74, 6) is 0. The van der Waals surface area contributed by atoms with Crippen molar-refractivity contribution in [2.75, 3.05) is 11.9 Å². The average molecular weight is 248 g/mol. The number of hydrogen-bond acceptors (Lipinski definition) is 2. The predicted octanol–water partition coefficient (Wildman–Crippen LogP) is 3.81. The van der Waals surface area contributed by atoms with E-state index in [0.29, 0.717) is 0 Å². The quantitative estimate of drug-likeness (QED) is 0.875. The molecule has 18 heavy (non-hydrogen) atoms. The molecule has 0 atom stereocenters. The van der Waals surface area contributed by atoms with Gasteiger partial charge in [0.1, 0.15) is 0 Å². The van der Waals surface area contributed by atoms with Crippen LogP contribution in [0.3, 0.4) is 0 Å². The zero-order chi connectivity index (χ0) is 14.0. The fourth-order valence-electron chi connectivity index (χ4n) is 2.75. The summed E-state index contributed by atoms with van der Waals surface area (Å²) < 4.78 is 0. The van der Waals surface area contributed by atoms with Crippen molar-refractivity contribution in [2.45, 2.75) is 59.2 Å². The average Bonchev–Trinajstić information content (AvgIpc) is 2.17. The molecule has 0 spiro atoms. The topological polar surface area (TPSA) is 15.3 Å². The van der Waals surface area contributed by atoms with Gasteiger partial charge in [0, 0.05) is 23.3 Å². The first-order valence-corrected chi connectivity index (χ1v) is 6.70. The monoisotopic (exact) mass is 248 g/mol. The third-order valence-electron chi connectivity index (χ3n) is 2.92. The van der Waals surface area contributed by atoms with Crippen molar-refractivity contribution in [3.63, 3.8) is 0 Å². The van der Waals surface area contributed by atoms with Crippen LogP contribution in [0.5, 0.6) is 0 Å². The third kappa shape index (κ3) is 3.74. The van der Waals surface area contributed by atoms with Crippen LogP contribution in [0.25, 0.3) is 0 Å². The van der Waals surface area contributed by atoms with Crippen LogP contribution >= 0.6 is 0 Å². The Bertz CT molecular complexity index is 352. The van der Waals surface area contributed by atoms with Crippen molar-refractivity contribution in [1.82, 2.24) is 5.32 Å². The van der Waals surface area contributed by atoms with Crippen molar-refractivity contribution < 1.29 is 0 Å². The highest BCUT2D eigenvalue weighted by Crippen LogP contribution is 2.31. The van der Waals surface area contributed by atoms with Gasteiger partial charge in [-0.3, -0.25) is 0 Å². The van der Waals surface area contributed by atoms with E-state index in [2.05, 4.69) is 76.0 Å². The van der Waals surface area contributed by atoms with Crippen LogP contribution in [0.1, 0.15) is 47.1 Å². The maximum absolute atomic E-state index is 3.18. The molecule has 0 heterocycles. The molecule has 0 aliphatic heterocycles. The Labute approximate surface area is 112 Å². The Morgan fingerprint density at radius 3 is 1.67 bits per heavy atom. The van der Waals surface area contributed by atoms with E-state index >= 15 is 0 Å². The van der Waals surface area contributed by atoms with Gasteiger partial charge in [-0.1, -0.05) is 12.1 Å². The molecule has 0 aromatic heterocycles. The third-order valence-corrected chi connectivity index (χ3v) is 2.92. The summed E-state index contributed by atoms with van der Waals surface area (Å²) in [5, 5.41) is 3.18. The lowest BCUT2D eigenvalue weighted by Gasteiger charge is -2.47. The fraction of sp³-hybridized carbons (Fsp3) is 0.625. The van der Waals surface area contributed by atoms with Crippen LogP contribution in [0.2, 0.25) is 0 Å². The Kier molecular flexibility index (Phi) is 4.44. The van der Waals surface area contributed by atoms with E-state index in [1.165, 1.54) is 11.3 Å². The van der Waals surface area contributed by atoms with E-state index in [-0.39, 0.29) is 11.1 Å². The Morgan fingerprint density at radius 2 is 1.33 bits per heavy atom. The van der Waals surface area contributed by atoms with Crippen LogP contribution in [0.4, 0.5) is 5.69 Å². The summed E-state index contributed by atoms with van der Waals surface area (Å²) in [7, 11) is 1.98. The molecule has 1 rings (SSSR count). The smallest absolute Gasteiger partial charge is 0.0375 e. The van der Waals surface area contributed by atoms with Gasteiger partial charge in [-0.25, -0.2) is 0 Å². The molecule has 1 aromatic rings. The van der Waals surface area contributed by atoms with Crippen molar-refractivity contribution in [1.29, 1.82) is 0 Å². The second-order valence-electron chi connectivity index (χ2n) is 6.87. The van der Waals surface area contributed by atoms with Crippen LogP contribution in [0, 0.1) is 0 Å². The van der Waals surface area contributed by atoms with Crippen molar-refractivity contribution in [3.05, 3.63) is 29.8 Å². The summed E-state index contributed by atoms with van der Waals surface area (Å²) in [4.78, 5) is 2.48. The number of nitrogens with one attached hydrogen (secondary N) is 1. The molecular weight excluding hydrogens is 220 g/mol. The molecule has 0 aliphatic carbocycles. The van der Waals surface area contributed by atoms with Gasteiger partial charge in [0.2, 0.25) is 0 Å². The first kappa shape index (κ1) is 15.0. The highest BCUT2D eigenvalue weighted by molar-refractivity contribution is 5.52. The Hall–Kier alpha value is -1.02. The molecular formula is C16H28N2. The van der Waals surface area contributed by atoms with Crippen LogP contribution < -0.4 is 10.2 Å². The van der Waals surface area contributed by atoms with Gasteiger partial charge in [0.25, 0.3) is 0 Å². The Morgan fingerprint density at radius 1 is 0.889 bits per heavy atom. The summed E-state index contributed by atoms with van der Waals surface area (Å²) in [5.41, 5.74) is 2.84. The minimum atomic E-state index is 0.114. The standard InChI is InChI=1S/C16H28N2/c1-15(2,3)18(16(4,5)6)14-10-8-13(9-11-14)12-17-7/h8-11,17H,12H2,1-7H3. The van der Waals surface area contributed by atoms with Crippen LogP contribution in [-0.4, -0.2) is 18.1 Å². The van der Waals surface area contributed by atoms with E-state index in [1.54, 1.807) is 0 Å². The van der Waals surface area contributed by atoms with Gasteiger partial charge >= 0.3 is 0 Å². The Balaban J connectivity index is 3.08. The minimum Gasteiger partial charge on any atom is -0.362 e. The summed E-state index contributed by atoms with van der Waals surface area (Å²) >= 11 is 0. The molecule has 1 N–H and O–H groups in total. The van der Waals surface area contributed by atoms with Crippen LogP contribution in [0.15, 0.2) is 24.3 Å². The lowest BCUT2D eigenvalue weighted by atomic mass is 9.94. The largest absolute Gasteiger partial charge is 0.362 e. The van der Waals surface area contributed by atoms with Gasteiger partial charge in [-0.15, -0.1) is 0 Å². The van der Waals surface area contributed by atoms with Gasteiger partial charge in [0.05, 0.1) is 0 Å². The zero-order valence-electron chi connectivity index (χ0n) is 13.0. The van der Waals surface area contributed by atoms with Gasteiger partial charge in [0.15, 0.2) is 0 Å². The first-order valence-electron chi connectivity index (χ1n) is 6.70. The molecule has 1 aromatic carbocycles. The summed E-state index contributed by atoms with van der Waals surface area (Å²) in [6, 6.07) is 8.86. The lowest BCUT2D eigenvalue weighted by molar-refractivity contribution is 0.381. The predicted molar refractivity (Wildman–Crippen MR) is 81.2 cm³/mol. The van der Waals surface area contributed by atoms with E-state index in [1.807, 2.05) is 7.05 Å². The summed E-state index contributed by atoms with van der Waals surface area (Å²) in [6.45, 7) is 14.5. The molecule has 0 saturated heterocycles. The normalized spacial score (nSPS) is 12.6. The molecule has 0 amide bonds. The highest BCUT2D eigenvalue weighted by atomic mass is 15.2. The second kappa shape index (κ2) is 5.31. The highest BCUT2D eigenvalue weighted by Gasteiger charge is 2.31. The lowest BCUT2D eigenvalue weighted by Crippen LogP contribution is -2.53. The van der Waals surface area contributed by atoms with Gasteiger partial charge in [-0.2, -0.15) is 0 Å². The number of benzene rings is 1. The molecule has 0 aliphatic rings. The molecule has 0 unspecified atom stereocenters. The van der Waals surface area contributed by atoms with Crippen LogP contribution in [-0.2, 0) is 6.54 Å². The van der Waals surface area contributed by atoms with Crippen molar-refractivity contribution in [3.8, 4) is 0 Å². The second-order valence-corrected chi connectivity index (χ2v) is 6.87. The fourth-order valence-corrected chi connectivity index (χ4v) is 2.75. The number of nitrogens with zero attached hydrogens (tertiary/aromatic N) is 1. The minimum absolute atomic E-state index is 0.114. The molecule has 0 saturated carbocycles. The van der Waals surface area contributed by atoms with E-state index in [0.717, 1.165) is 6.54 Å². The molecule has 2 nitrogen and oxygen atoms in total. The molecule has 0 radical (unpaired) electrons. The number of rotatable bonds is 3. The molecule has 0 fully saturated rings. The number of hydrogen-bond donors (Lipinski definition) is 1.